The predicted molar refractivity (Wildman–Crippen MR) is 142 cm³/mol. The fraction of sp³-hybridized carbons (Fsp3) is 0.370. The summed E-state index contributed by atoms with van der Waals surface area (Å²) in [6.45, 7) is 6.45. The molecule has 3 aromatic rings. The molecule has 196 valence electrons. The summed E-state index contributed by atoms with van der Waals surface area (Å²) in [5.41, 5.74) is 3.40. The second-order valence-corrected chi connectivity index (χ2v) is 10.5. The van der Waals surface area contributed by atoms with Crippen LogP contribution in [0, 0.1) is 19.7 Å². The zero-order valence-corrected chi connectivity index (χ0v) is 22.6. The van der Waals surface area contributed by atoms with Crippen LogP contribution in [0.5, 0.6) is 0 Å². The molecular formula is C27H30ClFN4O3S. The first-order valence-electron chi connectivity index (χ1n) is 12.2. The molecule has 0 saturated carbocycles. The predicted octanol–water partition coefficient (Wildman–Crippen LogP) is 5.43. The van der Waals surface area contributed by atoms with Crippen molar-refractivity contribution >= 4 is 35.4 Å². The molecule has 2 amide bonds. The fourth-order valence-electron chi connectivity index (χ4n) is 4.26. The quantitative estimate of drug-likeness (QED) is 0.367. The molecule has 1 aromatic heterocycles. The van der Waals surface area contributed by atoms with Gasteiger partial charge in [-0.3, -0.25) is 9.59 Å². The van der Waals surface area contributed by atoms with Gasteiger partial charge < -0.3 is 14.7 Å². The molecule has 1 unspecified atom stereocenters. The van der Waals surface area contributed by atoms with E-state index in [2.05, 4.69) is 15.2 Å². The summed E-state index contributed by atoms with van der Waals surface area (Å²) in [5, 5.41) is 6.92. The van der Waals surface area contributed by atoms with Gasteiger partial charge in [-0.2, -0.15) is 0 Å². The lowest BCUT2D eigenvalue weighted by Gasteiger charge is -2.26. The highest BCUT2D eigenvalue weighted by molar-refractivity contribution is 7.97. The number of amides is 2. The zero-order chi connectivity index (χ0) is 26.5. The standard InChI is InChI=1S/C27H30ClFN4O3S/c1-16-25(18(3)36-31-16)37-32-17(2)26(34)30-24-9-4-5-12-33(27(24)35)15-19-7-6-8-20(13-19)21-10-11-23(29)22(28)14-21/h6-8,10-11,13-14,17,24,32H,4-5,9,12,15H2,1-3H3,(H,30,34)/t17-,24?/m0/s1. The van der Waals surface area contributed by atoms with Gasteiger partial charge in [0.1, 0.15) is 17.6 Å². The average Bonchev–Trinajstić information content (AvgIpc) is 3.11. The first-order valence-corrected chi connectivity index (χ1v) is 13.4. The number of carbonyl (C=O) groups is 2. The van der Waals surface area contributed by atoms with Gasteiger partial charge in [-0.25, -0.2) is 9.11 Å². The number of halogens is 2. The smallest absolute Gasteiger partial charge is 0.245 e. The van der Waals surface area contributed by atoms with Crippen molar-refractivity contribution in [2.45, 2.75) is 63.6 Å². The van der Waals surface area contributed by atoms with E-state index in [1.807, 2.05) is 38.1 Å². The van der Waals surface area contributed by atoms with Crippen LogP contribution in [-0.2, 0) is 16.1 Å². The van der Waals surface area contributed by atoms with Gasteiger partial charge in [0.05, 0.1) is 21.7 Å². The number of benzene rings is 2. The Morgan fingerprint density at radius 3 is 2.76 bits per heavy atom. The van der Waals surface area contributed by atoms with Crippen LogP contribution in [0.25, 0.3) is 11.1 Å². The average molecular weight is 545 g/mol. The lowest BCUT2D eigenvalue weighted by Crippen LogP contribution is -2.51. The van der Waals surface area contributed by atoms with Crippen molar-refractivity contribution in [3.05, 3.63) is 70.3 Å². The van der Waals surface area contributed by atoms with E-state index in [1.54, 1.807) is 24.0 Å². The molecule has 0 spiro atoms. The van der Waals surface area contributed by atoms with Crippen molar-refractivity contribution in [3.63, 3.8) is 0 Å². The van der Waals surface area contributed by atoms with E-state index in [9.17, 15) is 14.0 Å². The molecule has 4 rings (SSSR count). The summed E-state index contributed by atoms with van der Waals surface area (Å²) >= 11 is 7.26. The van der Waals surface area contributed by atoms with E-state index in [4.69, 9.17) is 16.1 Å². The minimum atomic E-state index is -0.581. The number of carbonyl (C=O) groups excluding carboxylic acids is 2. The van der Waals surface area contributed by atoms with Crippen LogP contribution < -0.4 is 10.0 Å². The maximum atomic E-state index is 13.6. The van der Waals surface area contributed by atoms with Crippen LogP contribution in [0.15, 0.2) is 51.9 Å². The van der Waals surface area contributed by atoms with E-state index in [0.717, 1.165) is 40.1 Å². The van der Waals surface area contributed by atoms with Gasteiger partial charge in [-0.15, -0.1) is 0 Å². The fourth-order valence-corrected chi connectivity index (χ4v) is 5.21. The van der Waals surface area contributed by atoms with Gasteiger partial charge in [0.2, 0.25) is 11.8 Å². The SMILES string of the molecule is Cc1noc(C)c1SN[C@@H](C)C(=O)NC1CCCCN(Cc2cccc(-c3ccc(F)c(Cl)c3)c2)C1=O. The van der Waals surface area contributed by atoms with Gasteiger partial charge >= 0.3 is 0 Å². The Morgan fingerprint density at radius 1 is 1.24 bits per heavy atom. The molecule has 0 bridgehead atoms. The number of aryl methyl sites for hydroxylation is 2. The van der Waals surface area contributed by atoms with E-state index in [-0.39, 0.29) is 16.8 Å². The third kappa shape index (κ3) is 6.71. The van der Waals surface area contributed by atoms with Crippen LogP contribution in [0.4, 0.5) is 4.39 Å². The lowest BCUT2D eigenvalue weighted by atomic mass is 10.0. The lowest BCUT2D eigenvalue weighted by molar-refractivity contribution is -0.136. The summed E-state index contributed by atoms with van der Waals surface area (Å²) in [5.74, 6) is -0.109. The van der Waals surface area contributed by atoms with Crippen molar-refractivity contribution in [3.8, 4) is 11.1 Å². The molecule has 10 heteroatoms. The number of hydrogen-bond acceptors (Lipinski definition) is 6. The Morgan fingerprint density at radius 2 is 2.03 bits per heavy atom. The normalized spacial score (nSPS) is 16.9. The minimum Gasteiger partial charge on any atom is -0.360 e. The highest BCUT2D eigenvalue weighted by Crippen LogP contribution is 2.27. The molecule has 0 aliphatic carbocycles. The number of nitrogens with zero attached hydrogens (tertiary/aromatic N) is 2. The summed E-state index contributed by atoms with van der Waals surface area (Å²) in [7, 11) is 0. The van der Waals surface area contributed by atoms with Gasteiger partial charge in [0.25, 0.3) is 0 Å². The maximum absolute atomic E-state index is 13.6. The van der Waals surface area contributed by atoms with Crippen molar-refractivity contribution in [1.82, 2.24) is 20.1 Å². The van der Waals surface area contributed by atoms with Crippen LogP contribution in [0.1, 0.15) is 43.2 Å². The molecule has 2 aromatic carbocycles. The topological polar surface area (TPSA) is 87.5 Å². The number of aromatic nitrogens is 1. The molecule has 1 aliphatic rings. The second kappa shape index (κ2) is 12.1. The van der Waals surface area contributed by atoms with Gasteiger partial charge in [0, 0.05) is 13.1 Å². The Hall–Kier alpha value is -2.88. The monoisotopic (exact) mass is 544 g/mol. The summed E-state index contributed by atoms with van der Waals surface area (Å²) < 4.78 is 21.9. The first-order chi connectivity index (χ1) is 17.7. The molecule has 37 heavy (non-hydrogen) atoms. The van der Waals surface area contributed by atoms with Crippen molar-refractivity contribution < 1.29 is 18.5 Å². The molecule has 2 heterocycles. The maximum Gasteiger partial charge on any atom is 0.245 e. The summed E-state index contributed by atoms with van der Waals surface area (Å²) in [6.07, 6.45) is 2.30. The zero-order valence-electron chi connectivity index (χ0n) is 21.0. The van der Waals surface area contributed by atoms with Gasteiger partial charge in [-0.1, -0.05) is 41.0 Å². The van der Waals surface area contributed by atoms with Crippen LogP contribution >= 0.6 is 23.5 Å². The molecule has 1 aliphatic heterocycles. The van der Waals surface area contributed by atoms with Crippen molar-refractivity contribution in [1.29, 1.82) is 0 Å². The molecule has 2 atom stereocenters. The Labute approximate surface area is 225 Å². The van der Waals surface area contributed by atoms with Gasteiger partial charge in [0.15, 0.2) is 0 Å². The highest BCUT2D eigenvalue weighted by atomic mass is 35.5. The van der Waals surface area contributed by atoms with Crippen molar-refractivity contribution in [2.75, 3.05) is 6.54 Å². The summed E-state index contributed by atoms with van der Waals surface area (Å²) in [4.78, 5) is 28.9. The molecule has 2 N–H and O–H groups in total. The minimum absolute atomic E-state index is 0.0676. The third-order valence-corrected chi connectivity index (χ3v) is 7.90. The van der Waals surface area contributed by atoms with E-state index in [1.165, 1.54) is 18.0 Å². The molecule has 1 saturated heterocycles. The molecule has 7 nitrogen and oxygen atoms in total. The van der Waals surface area contributed by atoms with Crippen LogP contribution in [-0.4, -0.2) is 40.5 Å². The van der Waals surface area contributed by atoms with Gasteiger partial charge in [-0.05, 0) is 86.9 Å². The molecule has 1 fully saturated rings. The number of rotatable bonds is 8. The second-order valence-electron chi connectivity index (χ2n) is 9.24. The molecule has 0 radical (unpaired) electrons. The number of nitrogens with one attached hydrogen (secondary N) is 2. The Bertz CT molecular complexity index is 1260. The largest absolute Gasteiger partial charge is 0.360 e. The first kappa shape index (κ1) is 27.2. The summed E-state index contributed by atoms with van der Waals surface area (Å²) in [6, 6.07) is 11.3. The Kier molecular flexibility index (Phi) is 8.89. The van der Waals surface area contributed by atoms with E-state index >= 15 is 0 Å². The third-order valence-electron chi connectivity index (χ3n) is 6.35. The van der Waals surface area contributed by atoms with Crippen LogP contribution in [0.2, 0.25) is 5.02 Å². The number of hydrogen-bond donors (Lipinski definition) is 2. The Balaban J connectivity index is 1.39. The molecular weight excluding hydrogens is 515 g/mol. The van der Waals surface area contributed by atoms with E-state index in [0.29, 0.717) is 25.3 Å². The van der Waals surface area contributed by atoms with E-state index < -0.39 is 17.9 Å². The van der Waals surface area contributed by atoms with Crippen molar-refractivity contribution in [2.24, 2.45) is 0 Å². The van der Waals surface area contributed by atoms with Crippen LogP contribution in [0.3, 0.4) is 0 Å². The highest BCUT2D eigenvalue weighted by Gasteiger charge is 2.29. The number of likely N-dealkylation sites (tertiary alicyclic amines) is 1.